The average molecular weight is 294 g/mol. The molecule has 0 aliphatic heterocycles. The number of halogens is 2. The van der Waals surface area contributed by atoms with E-state index in [9.17, 15) is 4.39 Å². The van der Waals surface area contributed by atoms with Crippen molar-refractivity contribution >= 4 is 21.6 Å². The molecule has 17 heavy (non-hydrogen) atoms. The first-order chi connectivity index (χ1) is 8.16. The van der Waals surface area contributed by atoms with E-state index in [0.717, 1.165) is 15.7 Å². The highest BCUT2D eigenvalue weighted by atomic mass is 79.9. The van der Waals surface area contributed by atoms with E-state index in [1.807, 2.05) is 31.2 Å². The highest BCUT2D eigenvalue weighted by molar-refractivity contribution is 9.10. The molecular formula is C14H13BrFN. The van der Waals surface area contributed by atoms with Gasteiger partial charge in [-0.3, -0.25) is 0 Å². The third-order valence-corrected chi connectivity index (χ3v) is 3.40. The monoisotopic (exact) mass is 293 g/mol. The van der Waals surface area contributed by atoms with Crippen LogP contribution in [0.5, 0.6) is 0 Å². The fourth-order valence-corrected chi connectivity index (χ4v) is 2.03. The van der Waals surface area contributed by atoms with Crippen molar-refractivity contribution in [3.63, 3.8) is 0 Å². The molecule has 0 spiro atoms. The van der Waals surface area contributed by atoms with Gasteiger partial charge < -0.3 is 5.32 Å². The topological polar surface area (TPSA) is 12.0 Å². The van der Waals surface area contributed by atoms with Crippen LogP contribution < -0.4 is 5.32 Å². The first-order valence-corrected chi connectivity index (χ1v) is 6.19. The molecule has 0 saturated heterocycles. The van der Waals surface area contributed by atoms with Crippen LogP contribution >= 0.6 is 15.9 Å². The summed E-state index contributed by atoms with van der Waals surface area (Å²) < 4.78 is 14.0. The lowest BCUT2D eigenvalue weighted by Crippen LogP contribution is -2.02. The predicted molar refractivity (Wildman–Crippen MR) is 72.6 cm³/mol. The van der Waals surface area contributed by atoms with Gasteiger partial charge >= 0.3 is 0 Å². The molecule has 1 N–H and O–H groups in total. The fraction of sp³-hybridized carbons (Fsp3) is 0.143. The molecule has 0 radical (unpaired) electrons. The molecule has 2 aromatic carbocycles. The average Bonchev–Trinajstić information content (AvgIpc) is 2.32. The van der Waals surface area contributed by atoms with Crippen molar-refractivity contribution in [1.82, 2.24) is 0 Å². The summed E-state index contributed by atoms with van der Waals surface area (Å²) in [5, 5.41) is 3.30. The smallest absolute Gasteiger partial charge is 0.123 e. The van der Waals surface area contributed by atoms with Gasteiger partial charge in [0.1, 0.15) is 5.82 Å². The summed E-state index contributed by atoms with van der Waals surface area (Å²) in [6.07, 6.45) is 0. The number of aryl methyl sites for hydroxylation is 1. The first-order valence-electron chi connectivity index (χ1n) is 5.40. The molecule has 0 heterocycles. The largest absolute Gasteiger partial charge is 0.381 e. The van der Waals surface area contributed by atoms with E-state index in [1.54, 1.807) is 6.07 Å². The molecule has 0 atom stereocenters. The Labute approximate surface area is 109 Å². The summed E-state index contributed by atoms with van der Waals surface area (Å²) in [5.41, 5.74) is 3.16. The van der Waals surface area contributed by atoms with Crippen molar-refractivity contribution in [1.29, 1.82) is 0 Å². The van der Waals surface area contributed by atoms with Crippen LogP contribution in [0.15, 0.2) is 46.9 Å². The molecule has 0 saturated carbocycles. The maximum atomic E-state index is 13.1. The normalized spacial score (nSPS) is 10.3. The van der Waals surface area contributed by atoms with Crippen LogP contribution in [0, 0.1) is 12.7 Å². The number of hydrogen-bond donors (Lipinski definition) is 1. The summed E-state index contributed by atoms with van der Waals surface area (Å²) in [7, 11) is 0. The van der Waals surface area contributed by atoms with Crippen molar-refractivity contribution in [3.8, 4) is 0 Å². The predicted octanol–water partition coefficient (Wildman–Crippen LogP) is 4.51. The SMILES string of the molecule is Cc1ccccc1NCc1cc(F)ccc1Br. The molecule has 0 unspecified atom stereocenters. The number of nitrogens with one attached hydrogen (secondary N) is 1. The van der Waals surface area contributed by atoms with Crippen molar-refractivity contribution in [2.24, 2.45) is 0 Å². The Balaban J connectivity index is 2.12. The second-order valence-corrected chi connectivity index (χ2v) is 4.76. The van der Waals surface area contributed by atoms with Crippen LogP contribution in [0.2, 0.25) is 0 Å². The number of anilines is 1. The Morgan fingerprint density at radius 3 is 2.71 bits per heavy atom. The number of para-hydroxylation sites is 1. The Bertz CT molecular complexity index is 525. The molecule has 0 amide bonds. The third-order valence-electron chi connectivity index (χ3n) is 2.62. The second kappa shape index (κ2) is 5.32. The van der Waals surface area contributed by atoms with Crippen molar-refractivity contribution < 1.29 is 4.39 Å². The van der Waals surface area contributed by atoms with Crippen LogP contribution in [0.1, 0.15) is 11.1 Å². The number of rotatable bonds is 3. The van der Waals surface area contributed by atoms with Gasteiger partial charge in [-0.25, -0.2) is 4.39 Å². The minimum absolute atomic E-state index is 0.213. The van der Waals surface area contributed by atoms with E-state index < -0.39 is 0 Å². The van der Waals surface area contributed by atoms with Gasteiger partial charge in [-0.2, -0.15) is 0 Å². The second-order valence-electron chi connectivity index (χ2n) is 3.90. The first kappa shape index (κ1) is 12.1. The van der Waals surface area contributed by atoms with Crippen molar-refractivity contribution in [2.45, 2.75) is 13.5 Å². The van der Waals surface area contributed by atoms with Crippen LogP contribution in [0.25, 0.3) is 0 Å². The Hall–Kier alpha value is -1.35. The zero-order chi connectivity index (χ0) is 12.3. The third kappa shape index (κ3) is 3.07. The van der Waals surface area contributed by atoms with Gasteiger partial charge in [0.25, 0.3) is 0 Å². The van der Waals surface area contributed by atoms with Crippen LogP contribution in [-0.4, -0.2) is 0 Å². The quantitative estimate of drug-likeness (QED) is 0.878. The van der Waals surface area contributed by atoms with E-state index in [2.05, 4.69) is 21.2 Å². The van der Waals surface area contributed by atoms with Gasteiger partial charge in [-0.05, 0) is 42.3 Å². The molecule has 88 valence electrons. The molecule has 0 aromatic heterocycles. The van der Waals surface area contributed by atoms with Crippen molar-refractivity contribution in [3.05, 3.63) is 63.9 Å². The minimum Gasteiger partial charge on any atom is -0.381 e. The van der Waals surface area contributed by atoms with Crippen LogP contribution in [0.3, 0.4) is 0 Å². The lowest BCUT2D eigenvalue weighted by atomic mass is 10.2. The minimum atomic E-state index is -0.213. The summed E-state index contributed by atoms with van der Waals surface area (Å²) in [5.74, 6) is -0.213. The maximum absolute atomic E-state index is 13.1. The van der Waals surface area contributed by atoms with Gasteiger partial charge in [-0.1, -0.05) is 34.1 Å². The number of benzene rings is 2. The highest BCUT2D eigenvalue weighted by Crippen LogP contribution is 2.20. The standard InChI is InChI=1S/C14H13BrFN/c1-10-4-2-3-5-14(10)17-9-11-8-12(16)6-7-13(11)15/h2-8,17H,9H2,1H3. The number of hydrogen-bond acceptors (Lipinski definition) is 1. The fourth-order valence-electron chi connectivity index (χ4n) is 1.64. The summed E-state index contributed by atoms with van der Waals surface area (Å²) in [4.78, 5) is 0. The highest BCUT2D eigenvalue weighted by Gasteiger charge is 2.02. The van der Waals surface area contributed by atoms with Crippen LogP contribution in [0.4, 0.5) is 10.1 Å². The Morgan fingerprint density at radius 1 is 1.18 bits per heavy atom. The summed E-state index contributed by atoms with van der Waals surface area (Å²) >= 11 is 3.42. The van der Waals surface area contributed by atoms with E-state index in [0.29, 0.717) is 6.54 Å². The molecule has 3 heteroatoms. The zero-order valence-corrected chi connectivity index (χ0v) is 11.1. The van der Waals surface area contributed by atoms with E-state index >= 15 is 0 Å². The van der Waals surface area contributed by atoms with Gasteiger partial charge in [-0.15, -0.1) is 0 Å². The Morgan fingerprint density at radius 2 is 1.94 bits per heavy atom. The Kier molecular flexibility index (Phi) is 3.79. The molecule has 0 aliphatic rings. The van der Waals surface area contributed by atoms with Crippen molar-refractivity contribution in [2.75, 3.05) is 5.32 Å². The van der Waals surface area contributed by atoms with Gasteiger partial charge in [0.15, 0.2) is 0 Å². The van der Waals surface area contributed by atoms with Crippen LogP contribution in [-0.2, 0) is 6.54 Å². The summed E-state index contributed by atoms with van der Waals surface area (Å²) in [6.45, 7) is 2.64. The van der Waals surface area contributed by atoms with Gasteiger partial charge in [0.05, 0.1) is 0 Å². The lowest BCUT2D eigenvalue weighted by molar-refractivity contribution is 0.625. The molecule has 2 aromatic rings. The molecule has 0 aliphatic carbocycles. The molecule has 2 rings (SSSR count). The molecule has 1 nitrogen and oxygen atoms in total. The summed E-state index contributed by atoms with van der Waals surface area (Å²) in [6, 6.07) is 12.8. The zero-order valence-electron chi connectivity index (χ0n) is 9.50. The van der Waals surface area contributed by atoms with E-state index in [-0.39, 0.29) is 5.82 Å². The molecular weight excluding hydrogens is 281 g/mol. The lowest BCUT2D eigenvalue weighted by Gasteiger charge is -2.10. The molecule has 0 bridgehead atoms. The van der Waals surface area contributed by atoms with E-state index in [1.165, 1.54) is 17.7 Å². The van der Waals surface area contributed by atoms with Gasteiger partial charge in [0, 0.05) is 16.7 Å². The van der Waals surface area contributed by atoms with E-state index in [4.69, 9.17) is 0 Å². The molecule has 0 fully saturated rings. The van der Waals surface area contributed by atoms with Gasteiger partial charge in [0.2, 0.25) is 0 Å². The maximum Gasteiger partial charge on any atom is 0.123 e.